The number of nitrogens with zero attached hydrogens (tertiary/aromatic N) is 1. The molecule has 1 aromatic rings. The van der Waals surface area contributed by atoms with Gasteiger partial charge < -0.3 is 9.64 Å². The average molecular weight is 320 g/mol. The summed E-state index contributed by atoms with van der Waals surface area (Å²) in [5.74, 6) is -0.616. The van der Waals surface area contributed by atoms with Gasteiger partial charge in [0.2, 0.25) is 0 Å². The van der Waals surface area contributed by atoms with Gasteiger partial charge in [0.1, 0.15) is 17.3 Å². The summed E-state index contributed by atoms with van der Waals surface area (Å²) in [5, 5.41) is 0.452. The molecular weight excluding hydrogens is 304 g/mol. The molecule has 0 radical (unpaired) electrons. The molecule has 0 saturated carbocycles. The Morgan fingerprint density at radius 3 is 2.61 bits per heavy atom. The normalized spacial score (nSPS) is 19.6. The van der Waals surface area contributed by atoms with Crippen molar-refractivity contribution in [1.29, 1.82) is 0 Å². The summed E-state index contributed by atoms with van der Waals surface area (Å²) in [6.07, 6.45) is 0.910. The number of halogens is 3. The zero-order valence-corrected chi connectivity index (χ0v) is 11.8. The number of methoxy groups -OCH3 is 1. The van der Waals surface area contributed by atoms with Gasteiger partial charge in [-0.1, -0.05) is 15.9 Å². The van der Waals surface area contributed by atoms with Gasteiger partial charge in [-0.3, -0.25) is 0 Å². The molecule has 1 aliphatic heterocycles. The summed E-state index contributed by atoms with van der Waals surface area (Å²) < 4.78 is 32.9. The maximum absolute atomic E-state index is 13.9. The highest BCUT2D eigenvalue weighted by Crippen LogP contribution is 2.30. The minimum atomic E-state index is -0.484. The Labute approximate surface area is 114 Å². The number of benzene rings is 1. The largest absolute Gasteiger partial charge is 0.384 e. The second-order valence-corrected chi connectivity index (χ2v) is 5.16. The van der Waals surface area contributed by atoms with Crippen LogP contribution < -0.4 is 4.90 Å². The molecule has 2 rings (SSSR count). The van der Waals surface area contributed by atoms with Crippen LogP contribution in [0.25, 0.3) is 0 Å². The van der Waals surface area contributed by atoms with E-state index in [1.165, 1.54) is 12.1 Å². The molecule has 1 heterocycles. The van der Waals surface area contributed by atoms with Crippen LogP contribution in [-0.4, -0.2) is 26.8 Å². The molecule has 2 nitrogen and oxygen atoms in total. The molecule has 0 amide bonds. The fourth-order valence-corrected chi connectivity index (χ4v) is 2.73. The van der Waals surface area contributed by atoms with Crippen molar-refractivity contribution in [3.8, 4) is 0 Å². The van der Waals surface area contributed by atoms with E-state index in [-0.39, 0.29) is 5.69 Å². The monoisotopic (exact) mass is 319 g/mol. The highest BCUT2D eigenvalue weighted by Gasteiger charge is 2.26. The lowest BCUT2D eigenvalue weighted by atomic mass is 10.1. The second kappa shape index (κ2) is 5.97. The third-order valence-electron chi connectivity index (χ3n) is 3.24. The van der Waals surface area contributed by atoms with Crippen LogP contribution in [0, 0.1) is 17.6 Å². The second-order valence-electron chi connectivity index (χ2n) is 4.60. The topological polar surface area (TPSA) is 12.5 Å². The molecule has 1 fully saturated rings. The van der Waals surface area contributed by atoms with Crippen molar-refractivity contribution < 1.29 is 13.5 Å². The first-order chi connectivity index (χ1) is 8.65. The van der Waals surface area contributed by atoms with Crippen LogP contribution in [-0.2, 0) is 10.1 Å². The van der Waals surface area contributed by atoms with Crippen molar-refractivity contribution in [1.82, 2.24) is 0 Å². The molecule has 0 aliphatic carbocycles. The summed E-state index contributed by atoms with van der Waals surface area (Å²) in [7, 11) is 1.65. The van der Waals surface area contributed by atoms with Gasteiger partial charge in [0.05, 0.1) is 6.61 Å². The minimum absolute atomic E-state index is 0.0957. The van der Waals surface area contributed by atoms with E-state index in [1.54, 1.807) is 12.0 Å². The first-order valence-corrected chi connectivity index (χ1v) is 7.05. The van der Waals surface area contributed by atoms with E-state index in [9.17, 15) is 8.78 Å². The number of ether oxygens (including phenoxy) is 1. The number of alkyl halides is 1. The fraction of sp³-hybridized carbons (Fsp3) is 0.538. The Morgan fingerprint density at radius 2 is 2.06 bits per heavy atom. The Bertz CT molecular complexity index is 404. The van der Waals surface area contributed by atoms with E-state index >= 15 is 0 Å². The summed E-state index contributed by atoms with van der Waals surface area (Å²) in [6, 6.07) is 2.77. The van der Waals surface area contributed by atoms with Crippen LogP contribution in [0.1, 0.15) is 12.0 Å². The lowest BCUT2D eigenvalue weighted by Crippen LogP contribution is -2.23. The van der Waals surface area contributed by atoms with Crippen LogP contribution in [0.4, 0.5) is 14.5 Å². The average Bonchev–Trinajstić information content (AvgIpc) is 2.77. The molecule has 5 heteroatoms. The molecule has 0 aromatic heterocycles. The first-order valence-electron chi connectivity index (χ1n) is 5.93. The molecule has 1 aromatic carbocycles. The van der Waals surface area contributed by atoms with Crippen LogP contribution in [0.5, 0.6) is 0 Å². The van der Waals surface area contributed by atoms with Crippen molar-refractivity contribution >= 4 is 21.6 Å². The molecule has 1 aliphatic rings. The van der Waals surface area contributed by atoms with E-state index in [2.05, 4.69) is 15.9 Å². The summed E-state index contributed by atoms with van der Waals surface area (Å²) in [5.41, 5.74) is 0.708. The first kappa shape index (κ1) is 13.7. The van der Waals surface area contributed by atoms with Gasteiger partial charge in [-0.15, -0.1) is 0 Å². The van der Waals surface area contributed by atoms with Gasteiger partial charge in [0.25, 0.3) is 0 Å². The predicted molar refractivity (Wildman–Crippen MR) is 71.2 cm³/mol. The lowest BCUT2D eigenvalue weighted by Gasteiger charge is -2.20. The van der Waals surface area contributed by atoms with Crippen molar-refractivity contribution in [2.45, 2.75) is 11.8 Å². The van der Waals surface area contributed by atoms with Crippen LogP contribution in [0.15, 0.2) is 12.1 Å². The Hall–Kier alpha value is -0.680. The predicted octanol–water partition coefficient (Wildman–Crippen LogP) is 3.33. The third kappa shape index (κ3) is 2.83. The van der Waals surface area contributed by atoms with Gasteiger partial charge in [0.15, 0.2) is 0 Å². The van der Waals surface area contributed by atoms with Crippen molar-refractivity contribution in [2.24, 2.45) is 5.92 Å². The maximum atomic E-state index is 13.9. The number of anilines is 1. The summed E-state index contributed by atoms with van der Waals surface area (Å²) >= 11 is 3.20. The van der Waals surface area contributed by atoms with Crippen LogP contribution in [0.3, 0.4) is 0 Å². The Balaban J connectivity index is 2.19. The third-order valence-corrected chi connectivity index (χ3v) is 3.88. The molecule has 0 bridgehead atoms. The van der Waals surface area contributed by atoms with E-state index < -0.39 is 11.6 Å². The van der Waals surface area contributed by atoms with Gasteiger partial charge in [-0.25, -0.2) is 8.78 Å². The van der Waals surface area contributed by atoms with E-state index in [4.69, 9.17) is 4.74 Å². The molecule has 1 atom stereocenters. The van der Waals surface area contributed by atoms with E-state index in [0.717, 1.165) is 6.42 Å². The molecule has 1 saturated heterocycles. The molecule has 100 valence electrons. The number of hydrogen-bond donors (Lipinski definition) is 0. The number of hydrogen-bond acceptors (Lipinski definition) is 2. The highest BCUT2D eigenvalue weighted by molar-refractivity contribution is 9.08. The zero-order chi connectivity index (χ0) is 13.1. The number of rotatable bonds is 4. The molecule has 0 spiro atoms. The van der Waals surface area contributed by atoms with Gasteiger partial charge in [-0.05, 0) is 24.1 Å². The SMILES string of the molecule is COCC1CCN(c2c(F)cc(CBr)cc2F)C1. The van der Waals surface area contributed by atoms with Gasteiger partial charge >= 0.3 is 0 Å². The smallest absolute Gasteiger partial charge is 0.149 e. The van der Waals surface area contributed by atoms with Crippen LogP contribution >= 0.6 is 15.9 Å². The molecule has 18 heavy (non-hydrogen) atoms. The van der Waals surface area contributed by atoms with Crippen molar-refractivity contribution in [2.75, 3.05) is 31.7 Å². The van der Waals surface area contributed by atoms with Crippen LogP contribution in [0.2, 0.25) is 0 Å². The molecule has 0 N–H and O–H groups in total. The molecule has 1 unspecified atom stereocenters. The van der Waals surface area contributed by atoms with E-state index in [1.807, 2.05) is 0 Å². The summed E-state index contributed by atoms with van der Waals surface area (Å²) in [6.45, 7) is 1.96. The fourth-order valence-electron chi connectivity index (χ4n) is 2.40. The standard InChI is InChI=1S/C13H16BrF2NO/c1-18-8-9-2-3-17(7-9)13-11(15)4-10(6-14)5-12(13)16/h4-5,9H,2-3,6-8H2,1H3. The van der Waals surface area contributed by atoms with E-state index in [0.29, 0.717) is 36.5 Å². The Kier molecular flexibility index (Phi) is 4.56. The van der Waals surface area contributed by atoms with Gasteiger partial charge in [0, 0.05) is 31.4 Å². The summed E-state index contributed by atoms with van der Waals surface area (Å²) in [4.78, 5) is 1.77. The quantitative estimate of drug-likeness (QED) is 0.789. The minimum Gasteiger partial charge on any atom is -0.384 e. The zero-order valence-electron chi connectivity index (χ0n) is 10.3. The maximum Gasteiger partial charge on any atom is 0.149 e. The Morgan fingerprint density at radius 1 is 1.39 bits per heavy atom. The van der Waals surface area contributed by atoms with Crippen molar-refractivity contribution in [3.05, 3.63) is 29.3 Å². The highest BCUT2D eigenvalue weighted by atomic mass is 79.9. The molecular formula is C13H16BrF2NO. The lowest BCUT2D eigenvalue weighted by molar-refractivity contribution is 0.161. The van der Waals surface area contributed by atoms with Gasteiger partial charge in [-0.2, -0.15) is 0 Å². The van der Waals surface area contributed by atoms with Crippen molar-refractivity contribution in [3.63, 3.8) is 0 Å².